The predicted octanol–water partition coefficient (Wildman–Crippen LogP) is 3.61. The third-order valence-electron chi connectivity index (χ3n) is 2.45. The molecule has 0 bridgehead atoms. The summed E-state index contributed by atoms with van der Waals surface area (Å²) in [6, 6.07) is 12.6. The van der Waals surface area contributed by atoms with Gasteiger partial charge in [-0.05, 0) is 36.8 Å². The molecule has 4 heteroatoms. The molecule has 0 amide bonds. The molecule has 0 aliphatic rings. The van der Waals surface area contributed by atoms with Crippen LogP contribution in [-0.4, -0.2) is 10.1 Å². The summed E-state index contributed by atoms with van der Waals surface area (Å²) in [5.41, 5.74) is 0.992. The van der Waals surface area contributed by atoms with Gasteiger partial charge in [-0.25, -0.2) is 4.98 Å². The summed E-state index contributed by atoms with van der Waals surface area (Å²) in [7, 11) is 0. The smallest absolute Gasteiger partial charge is 0.131 e. The monoisotopic (exact) mass is 248 g/mol. The second-order valence-corrected chi connectivity index (χ2v) is 4.19. The van der Waals surface area contributed by atoms with Crippen molar-refractivity contribution in [3.05, 3.63) is 53.2 Å². The highest BCUT2D eigenvalue weighted by Gasteiger charge is 2.06. The SMILES string of the molecule is CC(Nc1cccc(Cl)n1)c1cccc(O)c1. The van der Waals surface area contributed by atoms with Crippen LogP contribution in [0.5, 0.6) is 5.75 Å². The molecular weight excluding hydrogens is 236 g/mol. The molecule has 1 aromatic carbocycles. The van der Waals surface area contributed by atoms with E-state index < -0.39 is 0 Å². The zero-order valence-corrected chi connectivity index (χ0v) is 10.1. The average molecular weight is 249 g/mol. The fraction of sp³-hybridized carbons (Fsp3) is 0.154. The Bertz CT molecular complexity index is 516. The number of hydrogen-bond acceptors (Lipinski definition) is 3. The fourth-order valence-corrected chi connectivity index (χ4v) is 1.75. The van der Waals surface area contributed by atoms with E-state index in [4.69, 9.17) is 11.6 Å². The highest BCUT2D eigenvalue weighted by atomic mass is 35.5. The van der Waals surface area contributed by atoms with Crippen LogP contribution in [0.4, 0.5) is 5.82 Å². The molecule has 0 saturated carbocycles. The maximum atomic E-state index is 9.41. The van der Waals surface area contributed by atoms with E-state index in [1.54, 1.807) is 18.2 Å². The number of rotatable bonds is 3. The first kappa shape index (κ1) is 11.7. The molecule has 2 N–H and O–H groups in total. The van der Waals surface area contributed by atoms with Crippen molar-refractivity contribution in [1.29, 1.82) is 0 Å². The minimum absolute atomic E-state index is 0.0491. The number of benzene rings is 1. The van der Waals surface area contributed by atoms with Gasteiger partial charge in [0, 0.05) is 0 Å². The van der Waals surface area contributed by atoms with Gasteiger partial charge in [-0.3, -0.25) is 0 Å². The number of nitrogens with zero attached hydrogens (tertiary/aromatic N) is 1. The molecule has 0 radical (unpaired) electrons. The summed E-state index contributed by atoms with van der Waals surface area (Å²) < 4.78 is 0. The number of phenolic OH excluding ortho intramolecular Hbond substituents is 1. The van der Waals surface area contributed by atoms with Crippen LogP contribution in [0.3, 0.4) is 0 Å². The summed E-state index contributed by atoms with van der Waals surface area (Å²) in [5.74, 6) is 0.976. The molecule has 2 rings (SSSR count). The van der Waals surface area contributed by atoms with E-state index in [0.717, 1.165) is 5.56 Å². The van der Waals surface area contributed by atoms with Gasteiger partial charge in [0.15, 0.2) is 0 Å². The van der Waals surface area contributed by atoms with Gasteiger partial charge < -0.3 is 10.4 Å². The van der Waals surface area contributed by atoms with Crippen molar-refractivity contribution in [3.8, 4) is 5.75 Å². The van der Waals surface area contributed by atoms with Gasteiger partial charge in [0.05, 0.1) is 6.04 Å². The van der Waals surface area contributed by atoms with Gasteiger partial charge in [-0.1, -0.05) is 29.8 Å². The first-order valence-corrected chi connectivity index (χ1v) is 5.71. The molecule has 0 aliphatic carbocycles. The Hall–Kier alpha value is -1.74. The summed E-state index contributed by atoms with van der Waals surface area (Å²) >= 11 is 5.81. The molecule has 3 nitrogen and oxygen atoms in total. The maximum Gasteiger partial charge on any atom is 0.131 e. The van der Waals surface area contributed by atoms with Crippen molar-refractivity contribution in [1.82, 2.24) is 4.98 Å². The number of aromatic nitrogens is 1. The highest BCUT2D eigenvalue weighted by Crippen LogP contribution is 2.21. The van der Waals surface area contributed by atoms with Crippen LogP contribution in [0.15, 0.2) is 42.5 Å². The Morgan fingerprint density at radius 1 is 1.24 bits per heavy atom. The van der Waals surface area contributed by atoms with Gasteiger partial charge in [0.2, 0.25) is 0 Å². The van der Waals surface area contributed by atoms with E-state index >= 15 is 0 Å². The molecule has 2 aromatic rings. The summed E-state index contributed by atoms with van der Waals surface area (Å²) in [4.78, 5) is 4.15. The lowest BCUT2D eigenvalue weighted by Crippen LogP contribution is -2.07. The van der Waals surface area contributed by atoms with Crippen molar-refractivity contribution in [3.63, 3.8) is 0 Å². The molecule has 88 valence electrons. The van der Waals surface area contributed by atoms with Crippen LogP contribution in [0.25, 0.3) is 0 Å². The van der Waals surface area contributed by atoms with Gasteiger partial charge in [0.1, 0.15) is 16.7 Å². The fourth-order valence-electron chi connectivity index (χ4n) is 1.59. The number of anilines is 1. The normalized spacial score (nSPS) is 12.1. The maximum absolute atomic E-state index is 9.41. The number of hydrogen-bond donors (Lipinski definition) is 2. The minimum atomic E-state index is 0.0491. The standard InChI is InChI=1S/C13H13ClN2O/c1-9(10-4-2-5-11(17)8-10)15-13-7-3-6-12(14)16-13/h2-9,17H,1H3,(H,15,16). The second kappa shape index (κ2) is 5.06. The third-order valence-corrected chi connectivity index (χ3v) is 2.66. The van der Waals surface area contributed by atoms with Crippen molar-refractivity contribution < 1.29 is 5.11 Å². The van der Waals surface area contributed by atoms with Crippen LogP contribution in [0, 0.1) is 0 Å². The van der Waals surface area contributed by atoms with Gasteiger partial charge >= 0.3 is 0 Å². The zero-order chi connectivity index (χ0) is 12.3. The second-order valence-electron chi connectivity index (χ2n) is 3.81. The number of nitrogens with one attached hydrogen (secondary N) is 1. The largest absolute Gasteiger partial charge is 0.508 e. The van der Waals surface area contributed by atoms with Crippen LogP contribution in [0.1, 0.15) is 18.5 Å². The van der Waals surface area contributed by atoms with E-state index in [1.807, 2.05) is 31.2 Å². The van der Waals surface area contributed by atoms with E-state index in [9.17, 15) is 5.11 Å². The van der Waals surface area contributed by atoms with Gasteiger partial charge in [-0.2, -0.15) is 0 Å². The van der Waals surface area contributed by atoms with E-state index in [-0.39, 0.29) is 11.8 Å². The Balaban J connectivity index is 2.14. The molecular formula is C13H13ClN2O. The Morgan fingerprint density at radius 3 is 2.71 bits per heavy atom. The summed E-state index contributed by atoms with van der Waals surface area (Å²) in [5, 5.41) is 13.1. The lowest BCUT2D eigenvalue weighted by Gasteiger charge is -2.15. The topological polar surface area (TPSA) is 45.2 Å². The first-order valence-electron chi connectivity index (χ1n) is 5.33. The highest BCUT2D eigenvalue weighted by molar-refractivity contribution is 6.29. The van der Waals surface area contributed by atoms with E-state index in [2.05, 4.69) is 10.3 Å². The molecule has 1 aromatic heterocycles. The lowest BCUT2D eigenvalue weighted by molar-refractivity contribution is 0.474. The number of pyridine rings is 1. The molecule has 1 unspecified atom stereocenters. The average Bonchev–Trinajstić information content (AvgIpc) is 2.29. The molecule has 1 heterocycles. The molecule has 0 saturated heterocycles. The summed E-state index contributed by atoms with van der Waals surface area (Å²) in [6.45, 7) is 2.00. The zero-order valence-electron chi connectivity index (χ0n) is 9.39. The number of phenols is 1. The Kier molecular flexibility index (Phi) is 3.49. The number of aromatic hydroxyl groups is 1. The van der Waals surface area contributed by atoms with Crippen molar-refractivity contribution in [2.24, 2.45) is 0 Å². The molecule has 1 atom stereocenters. The van der Waals surface area contributed by atoms with Crippen LogP contribution < -0.4 is 5.32 Å². The minimum Gasteiger partial charge on any atom is -0.508 e. The van der Waals surface area contributed by atoms with E-state index in [0.29, 0.717) is 11.0 Å². The Labute approximate surface area is 105 Å². The number of halogens is 1. The van der Waals surface area contributed by atoms with Crippen LogP contribution >= 0.6 is 11.6 Å². The molecule has 0 spiro atoms. The first-order chi connectivity index (χ1) is 8.15. The Morgan fingerprint density at radius 2 is 2.00 bits per heavy atom. The van der Waals surface area contributed by atoms with Gasteiger partial charge in [0.25, 0.3) is 0 Å². The molecule has 0 aliphatic heterocycles. The third kappa shape index (κ3) is 3.11. The van der Waals surface area contributed by atoms with Gasteiger partial charge in [-0.15, -0.1) is 0 Å². The lowest BCUT2D eigenvalue weighted by atomic mass is 10.1. The van der Waals surface area contributed by atoms with E-state index in [1.165, 1.54) is 0 Å². The van der Waals surface area contributed by atoms with Crippen molar-refractivity contribution in [2.45, 2.75) is 13.0 Å². The van der Waals surface area contributed by atoms with Crippen molar-refractivity contribution >= 4 is 17.4 Å². The van der Waals surface area contributed by atoms with Crippen molar-refractivity contribution in [2.75, 3.05) is 5.32 Å². The van der Waals surface area contributed by atoms with Crippen LogP contribution in [0.2, 0.25) is 5.15 Å². The molecule has 17 heavy (non-hydrogen) atoms. The molecule has 0 fully saturated rings. The predicted molar refractivity (Wildman–Crippen MR) is 69.4 cm³/mol. The quantitative estimate of drug-likeness (QED) is 0.816. The van der Waals surface area contributed by atoms with Crippen LogP contribution in [-0.2, 0) is 0 Å². The summed E-state index contributed by atoms with van der Waals surface area (Å²) in [6.07, 6.45) is 0.